The lowest BCUT2D eigenvalue weighted by Crippen LogP contribution is -2.45. The first-order valence-corrected chi connectivity index (χ1v) is 7.78. The molecule has 0 spiro atoms. The minimum atomic E-state index is -0.359. The lowest BCUT2D eigenvalue weighted by molar-refractivity contribution is -0.384. The van der Waals surface area contributed by atoms with Gasteiger partial charge < -0.3 is 0 Å². The highest BCUT2D eigenvalue weighted by molar-refractivity contribution is 5.32. The molecule has 0 aliphatic carbocycles. The number of aromatic nitrogens is 1. The quantitative estimate of drug-likeness (QED) is 0.626. The van der Waals surface area contributed by atoms with Gasteiger partial charge >= 0.3 is 0 Å². The van der Waals surface area contributed by atoms with E-state index in [4.69, 9.17) is 0 Å². The van der Waals surface area contributed by atoms with Gasteiger partial charge in [0.25, 0.3) is 5.69 Å². The molecule has 1 saturated heterocycles. The summed E-state index contributed by atoms with van der Waals surface area (Å²) in [6, 6.07) is 11.0. The second-order valence-electron chi connectivity index (χ2n) is 5.83. The van der Waals surface area contributed by atoms with Crippen LogP contribution in [0, 0.1) is 10.1 Å². The van der Waals surface area contributed by atoms with Crippen LogP contribution < -0.4 is 0 Å². The van der Waals surface area contributed by atoms with Crippen molar-refractivity contribution in [3.05, 3.63) is 70.0 Å². The summed E-state index contributed by atoms with van der Waals surface area (Å²) < 4.78 is 0. The first-order chi connectivity index (χ1) is 11.2. The summed E-state index contributed by atoms with van der Waals surface area (Å²) in [4.78, 5) is 19.2. The van der Waals surface area contributed by atoms with E-state index in [9.17, 15) is 10.1 Å². The minimum Gasteiger partial charge on any atom is -0.297 e. The molecular weight excluding hydrogens is 292 g/mol. The van der Waals surface area contributed by atoms with Crippen LogP contribution in [0.4, 0.5) is 5.69 Å². The number of nitro groups is 1. The van der Waals surface area contributed by atoms with E-state index in [-0.39, 0.29) is 10.6 Å². The first kappa shape index (κ1) is 15.6. The molecule has 23 heavy (non-hydrogen) atoms. The van der Waals surface area contributed by atoms with E-state index in [0.717, 1.165) is 44.8 Å². The van der Waals surface area contributed by atoms with E-state index in [2.05, 4.69) is 26.9 Å². The molecule has 1 fully saturated rings. The Morgan fingerprint density at radius 1 is 0.870 bits per heavy atom. The van der Waals surface area contributed by atoms with Crippen molar-refractivity contribution >= 4 is 5.69 Å². The van der Waals surface area contributed by atoms with Gasteiger partial charge in [0.05, 0.1) is 4.92 Å². The zero-order valence-electron chi connectivity index (χ0n) is 13.0. The summed E-state index contributed by atoms with van der Waals surface area (Å²) in [5.41, 5.74) is 2.57. The zero-order chi connectivity index (χ0) is 16.1. The zero-order valence-corrected chi connectivity index (χ0v) is 13.0. The van der Waals surface area contributed by atoms with Gasteiger partial charge in [0.2, 0.25) is 0 Å². The fourth-order valence-corrected chi connectivity index (χ4v) is 2.83. The van der Waals surface area contributed by atoms with Crippen LogP contribution in [0.3, 0.4) is 0 Å². The summed E-state index contributed by atoms with van der Waals surface area (Å²) in [7, 11) is 0. The molecule has 120 valence electrons. The predicted octanol–water partition coefficient (Wildman–Crippen LogP) is 2.31. The van der Waals surface area contributed by atoms with Crippen LogP contribution in [0.5, 0.6) is 0 Å². The number of hydrogen-bond donors (Lipinski definition) is 0. The first-order valence-electron chi connectivity index (χ1n) is 7.78. The number of nitrogens with zero attached hydrogens (tertiary/aromatic N) is 4. The van der Waals surface area contributed by atoms with Crippen LogP contribution in [-0.2, 0) is 13.1 Å². The second-order valence-corrected chi connectivity index (χ2v) is 5.83. The number of pyridine rings is 1. The van der Waals surface area contributed by atoms with E-state index in [1.165, 1.54) is 5.56 Å². The standard InChI is InChI=1S/C17H20N4O2/c22-21(23)17-3-1-15(2-4-17)13-19-9-11-20(12-10-19)14-16-5-7-18-8-6-16/h1-8H,9-14H2. The summed E-state index contributed by atoms with van der Waals surface area (Å²) in [5, 5.41) is 10.7. The molecule has 1 aromatic heterocycles. The molecular formula is C17H20N4O2. The summed E-state index contributed by atoms with van der Waals surface area (Å²) in [5.74, 6) is 0. The van der Waals surface area contributed by atoms with Crippen LogP contribution in [0.1, 0.15) is 11.1 Å². The smallest absolute Gasteiger partial charge is 0.269 e. The van der Waals surface area contributed by atoms with Gasteiger partial charge in [-0.2, -0.15) is 0 Å². The Labute approximate surface area is 135 Å². The number of benzene rings is 1. The van der Waals surface area contributed by atoms with Gasteiger partial charge in [-0.1, -0.05) is 12.1 Å². The van der Waals surface area contributed by atoms with Gasteiger partial charge in [-0.3, -0.25) is 24.9 Å². The Bertz CT molecular complexity index is 637. The topological polar surface area (TPSA) is 62.5 Å². The molecule has 0 atom stereocenters. The number of piperazine rings is 1. The minimum absolute atomic E-state index is 0.149. The van der Waals surface area contributed by atoms with Crippen molar-refractivity contribution in [3.8, 4) is 0 Å². The Balaban J connectivity index is 1.48. The highest BCUT2D eigenvalue weighted by Crippen LogP contribution is 2.15. The normalized spacial score (nSPS) is 16.3. The molecule has 3 rings (SSSR count). The van der Waals surface area contributed by atoms with Crippen molar-refractivity contribution in [2.75, 3.05) is 26.2 Å². The van der Waals surface area contributed by atoms with Crippen molar-refractivity contribution in [3.63, 3.8) is 0 Å². The van der Waals surface area contributed by atoms with E-state index in [1.54, 1.807) is 12.1 Å². The van der Waals surface area contributed by atoms with Crippen molar-refractivity contribution in [2.45, 2.75) is 13.1 Å². The maximum absolute atomic E-state index is 10.7. The number of hydrogen-bond acceptors (Lipinski definition) is 5. The van der Waals surface area contributed by atoms with Crippen LogP contribution in [0.15, 0.2) is 48.8 Å². The van der Waals surface area contributed by atoms with Crippen LogP contribution in [0.2, 0.25) is 0 Å². The second kappa shape index (κ2) is 7.30. The lowest BCUT2D eigenvalue weighted by Gasteiger charge is -2.34. The van der Waals surface area contributed by atoms with Gasteiger partial charge in [-0.15, -0.1) is 0 Å². The van der Waals surface area contributed by atoms with E-state index >= 15 is 0 Å². The third kappa shape index (κ3) is 4.34. The molecule has 0 radical (unpaired) electrons. The molecule has 0 N–H and O–H groups in total. The molecule has 0 saturated carbocycles. The highest BCUT2D eigenvalue weighted by Gasteiger charge is 2.17. The molecule has 6 heteroatoms. The SMILES string of the molecule is O=[N+]([O-])c1ccc(CN2CCN(Cc3ccncc3)CC2)cc1. The third-order valence-corrected chi connectivity index (χ3v) is 4.17. The molecule has 0 amide bonds. The molecule has 6 nitrogen and oxygen atoms in total. The fraction of sp³-hybridized carbons (Fsp3) is 0.353. The molecule has 1 aliphatic heterocycles. The van der Waals surface area contributed by atoms with Gasteiger partial charge in [-0.05, 0) is 23.3 Å². The summed E-state index contributed by atoms with van der Waals surface area (Å²) in [6.07, 6.45) is 3.67. The molecule has 1 aliphatic rings. The summed E-state index contributed by atoms with van der Waals surface area (Å²) in [6.45, 7) is 5.92. The van der Waals surface area contributed by atoms with Crippen LogP contribution in [-0.4, -0.2) is 45.9 Å². The molecule has 2 heterocycles. The van der Waals surface area contributed by atoms with Gasteiger partial charge in [0, 0.05) is 63.8 Å². The Hall–Kier alpha value is -2.31. The fourth-order valence-electron chi connectivity index (χ4n) is 2.83. The maximum Gasteiger partial charge on any atom is 0.269 e. The van der Waals surface area contributed by atoms with Crippen molar-refractivity contribution < 1.29 is 4.92 Å². The van der Waals surface area contributed by atoms with Gasteiger partial charge in [-0.25, -0.2) is 0 Å². The largest absolute Gasteiger partial charge is 0.297 e. The number of non-ortho nitro benzene ring substituents is 1. The highest BCUT2D eigenvalue weighted by atomic mass is 16.6. The Kier molecular flexibility index (Phi) is 4.95. The average molecular weight is 312 g/mol. The van der Waals surface area contributed by atoms with Gasteiger partial charge in [0.1, 0.15) is 0 Å². The predicted molar refractivity (Wildman–Crippen MR) is 87.9 cm³/mol. The third-order valence-electron chi connectivity index (χ3n) is 4.17. The molecule has 2 aromatic rings. The summed E-state index contributed by atoms with van der Waals surface area (Å²) >= 11 is 0. The average Bonchev–Trinajstić information content (AvgIpc) is 2.58. The van der Waals surface area contributed by atoms with Crippen molar-refractivity contribution in [1.82, 2.24) is 14.8 Å². The number of rotatable bonds is 5. The molecule has 1 aromatic carbocycles. The van der Waals surface area contributed by atoms with Crippen LogP contribution in [0.25, 0.3) is 0 Å². The Morgan fingerprint density at radius 3 is 1.83 bits per heavy atom. The number of nitro benzene ring substituents is 1. The van der Waals surface area contributed by atoms with E-state index < -0.39 is 0 Å². The molecule has 0 bridgehead atoms. The lowest BCUT2D eigenvalue weighted by atomic mass is 10.1. The van der Waals surface area contributed by atoms with Crippen LogP contribution >= 0.6 is 0 Å². The van der Waals surface area contributed by atoms with E-state index in [0.29, 0.717) is 0 Å². The van der Waals surface area contributed by atoms with Crippen molar-refractivity contribution in [1.29, 1.82) is 0 Å². The molecule has 0 unspecified atom stereocenters. The van der Waals surface area contributed by atoms with E-state index in [1.807, 2.05) is 24.5 Å². The monoisotopic (exact) mass is 312 g/mol. The van der Waals surface area contributed by atoms with Gasteiger partial charge in [0.15, 0.2) is 0 Å². The maximum atomic E-state index is 10.7. The van der Waals surface area contributed by atoms with Crippen molar-refractivity contribution in [2.24, 2.45) is 0 Å². The Morgan fingerprint density at radius 2 is 1.35 bits per heavy atom.